The van der Waals surface area contributed by atoms with E-state index in [1.165, 1.54) is 6.07 Å². The van der Waals surface area contributed by atoms with Gasteiger partial charge in [0, 0.05) is 16.6 Å². The molecule has 0 aliphatic carbocycles. The second-order valence-electron chi connectivity index (χ2n) is 4.04. The fourth-order valence-electron chi connectivity index (χ4n) is 1.61. The summed E-state index contributed by atoms with van der Waals surface area (Å²) in [5, 5.41) is 3.33. The molecule has 0 aliphatic rings. The molecule has 1 amide bonds. The zero-order chi connectivity index (χ0) is 14.7. The first-order valence-corrected chi connectivity index (χ1v) is 6.40. The van der Waals surface area contributed by atoms with Crippen LogP contribution in [0, 0.1) is 11.6 Å². The van der Waals surface area contributed by atoms with Crippen molar-refractivity contribution < 1.29 is 13.6 Å². The van der Waals surface area contributed by atoms with Crippen LogP contribution < -0.4 is 5.32 Å². The quantitative estimate of drug-likeness (QED) is 0.903. The van der Waals surface area contributed by atoms with E-state index in [2.05, 4.69) is 5.32 Å². The number of hydrogen-bond donors (Lipinski definition) is 1. The monoisotopic (exact) mass is 315 g/mol. The van der Waals surface area contributed by atoms with E-state index in [-0.39, 0.29) is 12.1 Å². The van der Waals surface area contributed by atoms with Crippen LogP contribution in [0.2, 0.25) is 10.0 Å². The van der Waals surface area contributed by atoms with Crippen molar-refractivity contribution in [2.24, 2.45) is 0 Å². The summed E-state index contributed by atoms with van der Waals surface area (Å²) in [6.45, 7) is 0.0881. The third-order valence-corrected chi connectivity index (χ3v) is 3.21. The predicted molar refractivity (Wildman–Crippen MR) is 74.0 cm³/mol. The molecule has 2 aromatic rings. The normalized spacial score (nSPS) is 10.4. The summed E-state index contributed by atoms with van der Waals surface area (Å²) in [6.07, 6.45) is 0. The number of nitrogens with one attached hydrogen (secondary N) is 1. The average molecular weight is 316 g/mol. The Labute approximate surface area is 124 Å². The first-order valence-electron chi connectivity index (χ1n) is 5.64. The molecule has 0 fully saturated rings. The largest absolute Gasteiger partial charge is 0.348 e. The zero-order valence-corrected chi connectivity index (χ0v) is 11.6. The van der Waals surface area contributed by atoms with Crippen LogP contribution in [-0.2, 0) is 6.54 Å². The van der Waals surface area contributed by atoms with E-state index in [0.29, 0.717) is 15.6 Å². The van der Waals surface area contributed by atoms with Crippen molar-refractivity contribution >= 4 is 29.1 Å². The standard InChI is InChI=1S/C14H9Cl2F2NO/c15-9-2-1-8(12(16)5-9)7-19-14(20)11-6-10(17)3-4-13(11)18/h1-6H,7H2,(H,19,20). The lowest BCUT2D eigenvalue weighted by Gasteiger charge is -2.08. The van der Waals surface area contributed by atoms with Crippen molar-refractivity contribution in [3.8, 4) is 0 Å². The molecule has 0 atom stereocenters. The first-order chi connectivity index (χ1) is 9.47. The molecule has 0 saturated carbocycles. The molecular weight excluding hydrogens is 307 g/mol. The van der Waals surface area contributed by atoms with Gasteiger partial charge in [-0.15, -0.1) is 0 Å². The highest BCUT2D eigenvalue weighted by Gasteiger charge is 2.13. The number of rotatable bonds is 3. The van der Waals surface area contributed by atoms with E-state index in [1.807, 2.05) is 0 Å². The Morgan fingerprint density at radius 3 is 2.55 bits per heavy atom. The maximum Gasteiger partial charge on any atom is 0.254 e. The summed E-state index contributed by atoms with van der Waals surface area (Å²) in [7, 11) is 0. The van der Waals surface area contributed by atoms with Crippen LogP contribution in [0.25, 0.3) is 0 Å². The van der Waals surface area contributed by atoms with Gasteiger partial charge in [0.15, 0.2) is 0 Å². The number of halogens is 4. The van der Waals surface area contributed by atoms with Gasteiger partial charge in [-0.05, 0) is 35.9 Å². The minimum absolute atomic E-state index is 0.0881. The second-order valence-corrected chi connectivity index (χ2v) is 4.89. The second kappa shape index (κ2) is 6.20. The highest BCUT2D eigenvalue weighted by atomic mass is 35.5. The summed E-state index contributed by atoms with van der Waals surface area (Å²) in [6, 6.07) is 7.49. The fourth-order valence-corrected chi connectivity index (χ4v) is 2.08. The van der Waals surface area contributed by atoms with Crippen molar-refractivity contribution in [3.05, 3.63) is 69.2 Å². The topological polar surface area (TPSA) is 29.1 Å². The van der Waals surface area contributed by atoms with Crippen LogP contribution in [0.3, 0.4) is 0 Å². The molecule has 2 rings (SSSR count). The van der Waals surface area contributed by atoms with Gasteiger partial charge in [-0.3, -0.25) is 4.79 Å². The lowest BCUT2D eigenvalue weighted by Crippen LogP contribution is -2.24. The van der Waals surface area contributed by atoms with Gasteiger partial charge in [0.25, 0.3) is 5.91 Å². The number of carbonyl (C=O) groups excluding carboxylic acids is 1. The van der Waals surface area contributed by atoms with Crippen molar-refractivity contribution in [3.63, 3.8) is 0 Å². The summed E-state index contributed by atoms with van der Waals surface area (Å²) < 4.78 is 26.4. The molecule has 0 heterocycles. The van der Waals surface area contributed by atoms with Gasteiger partial charge < -0.3 is 5.32 Å². The van der Waals surface area contributed by atoms with Gasteiger partial charge >= 0.3 is 0 Å². The van der Waals surface area contributed by atoms with Gasteiger partial charge in [-0.2, -0.15) is 0 Å². The molecule has 0 spiro atoms. The highest BCUT2D eigenvalue weighted by molar-refractivity contribution is 6.35. The highest BCUT2D eigenvalue weighted by Crippen LogP contribution is 2.21. The van der Waals surface area contributed by atoms with Crippen LogP contribution in [0.15, 0.2) is 36.4 Å². The molecular formula is C14H9Cl2F2NO. The minimum atomic E-state index is -0.786. The fraction of sp³-hybridized carbons (Fsp3) is 0.0714. The van der Waals surface area contributed by atoms with E-state index < -0.39 is 17.5 Å². The Kier molecular flexibility index (Phi) is 4.57. The first kappa shape index (κ1) is 14.8. The van der Waals surface area contributed by atoms with E-state index >= 15 is 0 Å². The maximum absolute atomic E-state index is 13.4. The zero-order valence-electron chi connectivity index (χ0n) is 10.1. The van der Waals surface area contributed by atoms with Crippen molar-refractivity contribution in [2.45, 2.75) is 6.54 Å². The van der Waals surface area contributed by atoms with E-state index in [1.54, 1.807) is 12.1 Å². The average Bonchev–Trinajstić information content (AvgIpc) is 2.40. The Morgan fingerprint density at radius 2 is 1.85 bits per heavy atom. The van der Waals surface area contributed by atoms with Crippen LogP contribution in [-0.4, -0.2) is 5.91 Å². The van der Waals surface area contributed by atoms with Gasteiger partial charge in [0.05, 0.1) is 5.56 Å². The Bertz CT molecular complexity index is 662. The molecule has 2 nitrogen and oxygen atoms in total. The number of benzene rings is 2. The molecule has 0 bridgehead atoms. The van der Waals surface area contributed by atoms with E-state index in [0.717, 1.165) is 18.2 Å². The smallest absolute Gasteiger partial charge is 0.254 e. The van der Waals surface area contributed by atoms with Gasteiger partial charge in [-0.25, -0.2) is 8.78 Å². The molecule has 1 N–H and O–H groups in total. The van der Waals surface area contributed by atoms with Gasteiger partial charge in [-0.1, -0.05) is 29.3 Å². The van der Waals surface area contributed by atoms with Crippen molar-refractivity contribution in [1.29, 1.82) is 0 Å². The molecule has 0 saturated heterocycles. The van der Waals surface area contributed by atoms with Crippen molar-refractivity contribution in [1.82, 2.24) is 5.32 Å². The van der Waals surface area contributed by atoms with Crippen LogP contribution in [0.4, 0.5) is 8.78 Å². The van der Waals surface area contributed by atoms with Crippen molar-refractivity contribution in [2.75, 3.05) is 0 Å². The lowest BCUT2D eigenvalue weighted by molar-refractivity contribution is 0.0946. The molecule has 20 heavy (non-hydrogen) atoms. The molecule has 104 valence electrons. The lowest BCUT2D eigenvalue weighted by atomic mass is 10.1. The predicted octanol–water partition coefficient (Wildman–Crippen LogP) is 4.20. The van der Waals surface area contributed by atoms with E-state index in [9.17, 15) is 13.6 Å². The summed E-state index contributed by atoms with van der Waals surface area (Å²) >= 11 is 11.7. The minimum Gasteiger partial charge on any atom is -0.348 e. The number of hydrogen-bond acceptors (Lipinski definition) is 1. The Hall–Kier alpha value is -1.65. The summed E-state index contributed by atoms with van der Waals surface area (Å²) in [5.74, 6) is -2.18. The Balaban J connectivity index is 2.10. The third kappa shape index (κ3) is 3.46. The number of amides is 1. The van der Waals surface area contributed by atoms with Crippen LogP contribution >= 0.6 is 23.2 Å². The SMILES string of the molecule is O=C(NCc1ccc(Cl)cc1Cl)c1cc(F)ccc1F. The summed E-state index contributed by atoms with van der Waals surface area (Å²) in [4.78, 5) is 11.8. The molecule has 0 aliphatic heterocycles. The number of carbonyl (C=O) groups is 1. The van der Waals surface area contributed by atoms with Crippen LogP contribution in [0.1, 0.15) is 15.9 Å². The third-order valence-electron chi connectivity index (χ3n) is 2.63. The summed E-state index contributed by atoms with van der Waals surface area (Å²) in [5.41, 5.74) is 0.274. The molecule has 0 unspecified atom stereocenters. The molecule has 0 aromatic heterocycles. The Morgan fingerprint density at radius 1 is 1.10 bits per heavy atom. The van der Waals surface area contributed by atoms with E-state index in [4.69, 9.17) is 23.2 Å². The molecule has 0 radical (unpaired) electrons. The van der Waals surface area contributed by atoms with Crippen LogP contribution in [0.5, 0.6) is 0 Å². The molecule has 6 heteroatoms. The molecule has 2 aromatic carbocycles. The van der Waals surface area contributed by atoms with Gasteiger partial charge in [0.1, 0.15) is 11.6 Å². The maximum atomic E-state index is 13.4. The van der Waals surface area contributed by atoms with Gasteiger partial charge in [0.2, 0.25) is 0 Å².